The van der Waals surface area contributed by atoms with E-state index >= 15 is 0 Å². The molecule has 1 fully saturated rings. The Labute approximate surface area is 86.1 Å². The van der Waals surface area contributed by atoms with Gasteiger partial charge in [0.25, 0.3) is 0 Å². The maximum atomic E-state index is 9.22. The summed E-state index contributed by atoms with van der Waals surface area (Å²) in [5, 5.41) is 17.9. The molecule has 14 heavy (non-hydrogen) atoms. The Kier molecular flexibility index (Phi) is 5.40. The average Bonchev–Trinajstić information content (AvgIpc) is 2.67. The van der Waals surface area contributed by atoms with Gasteiger partial charge in [0, 0.05) is 19.6 Å². The van der Waals surface area contributed by atoms with Crippen LogP contribution in [0.5, 0.6) is 0 Å². The van der Waals surface area contributed by atoms with Crippen LogP contribution >= 0.6 is 0 Å². The van der Waals surface area contributed by atoms with Crippen molar-refractivity contribution < 1.29 is 10.2 Å². The normalized spacial score (nSPS) is 20.6. The minimum absolute atomic E-state index is 0.145. The van der Waals surface area contributed by atoms with Crippen LogP contribution in [0.2, 0.25) is 0 Å². The first-order valence-electron chi connectivity index (χ1n) is 5.42. The molecule has 4 nitrogen and oxygen atoms in total. The molecule has 0 aliphatic carbocycles. The van der Waals surface area contributed by atoms with Gasteiger partial charge in [0.1, 0.15) is 0 Å². The standard InChI is InChI=1S/C10H22N2O2/c1-11(8-10(14)9-13)6-7-12-4-2-3-5-12/h10,13-14H,2-9H2,1H3. The summed E-state index contributed by atoms with van der Waals surface area (Å²) in [6.45, 7) is 4.90. The highest BCUT2D eigenvalue weighted by atomic mass is 16.3. The second-order valence-electron chi connectivity index (χ2n) is 4.15. The zero-order valence-electron chi connectivity index (χ0n) is 9.02. The molecular formula is C10H22N2O2. The van der Waals surface area contributed by atoms with Crippen molar-refractivity contribution in [1.82, 2.24) is 9.80 Å². The number of likely N-dealkylation sites (tertiary alicyclic amines) is 1. The lowest BCUT2D eigenvalue weighted by Crippen LogP contribution is -2.36. The summed E-state index contributed by atoms with van der Waals surface area (Å²) in [7, 11) is 1.98. The Morgan fingerprint density at radius 2 is 2.00 bits per heavy atom. The minimum Gasteiger partial charge on any atom is -0.394 e. The van der Waals surface area contributed by atoms with Crippen molar-refractivity contribution in [2.45, 2.75) is 18.9 Å². The highest BCUT2D eigenvalue weighted by molar-refractivity contribution is 4.68. The summed E-state index contributed by atoms with van der Waals surface area (Å²) in [6, 6.07) is 0. The first-order chi connectivity index (χ1) is 6.72. The zero-order chi connectivity index (χ0) is 10.4. The van der Waals surface area contributed by atoms with E-state index in [-0.39, 0.29) is 6.61 Å². The van der Waals surface area contributed by atoms with Crippen molar-refractivity contribution in [3.63, 3.8) is 0 Å². The summed E-state index contributed by atoms with van der Waals surface area (Å²) >= 11 is 0. The summed E-state index contributed by atoms with van der Waals surface area (Å²) in [6.07, 6.45) is 2.05. The molecular weight excluding hydrogens is 180 g/mol. The second-order valence-corrected chi connectivity index (χ2v) is 4.15. The fourth-order valence-corrected chi connectivity index (χ4v) is 1.83. The number of nitrogens with zero attached hydrogens (tertiary/aromatic N) is 2. The monoisotopic (exact) mass is 202 g/mol. The van der Waals surface area contributed by atoms with Gasteiger partial charge < -0.3 is 20.0 Å². The van der Waals surface area contributed by atoms with Crippen LogP contribution in [-0.2, 0) is 0 Å². The summed E-state index contributed by atoms with van der Waals surface area (Å²) in [5.41, 5.74) is 0. The summed E-state index contributed by atoms with van der Waals surface area (Å²) in [5.74, 6) is 0. The van der Waals surface area contributed by atoms with E-state index in [0.29, 0.717) is 6.54 Å². The molecule has 0 radical (unpaired) electrons. The molecule has 1 rings (SSSR count). The van der Waals surface area contributed by atoms with E-state index in [1.165, 1.54) is 25.9 Å². The van der Waals surface area contributed by atoms with Crippen molar-refractivity contribution in [1.29, 1.82) is 0 Å². The van der Waals surface area contributed by atoms with Crippen LogP contribution in [0.3, 0.4) is 0 Å². The molecule has 0 aromatic carbocycles. The predicted molar refractivity (Wildman–Crippen MR) is 56.3 cm³/mol. The molecule has 1 unspecified atom stereocenters. The van der Waals surface area contributed by atoms with Crippen LogP contribution in [0.15, 0.2) is 0 Å². The van der Waals surface area contributed by atoms with E-state index in [9.17, 15) is 5.11 Å². The van der Waals surface area contributed by atoms with E-state index in [4.69, 9.17) is 5.11 Å². The number of aliphatic hydroxyl groups excluding tert-OH is 2. The van der Waals surface area contributed by atoms with Crippen LogP contribution in [0.4, 0.5) is 0 Å². The van der Waals surface area contributed by atoms with E-state index in [0.717, 1.165) is 13.1 Å². The number of aliphatic hydroxyl groups is 2. The van der Waals surface area contributed by atoms with E-state index < -0.39 is 6.10 Å². The molecule has 1 aliphatic rings. The van der Waals surface area contributed by atoms with Gasteiger partial charge in [-0.15, -0.1) is 0 Å². The van der Waals surface area contributed by atoms with Gasteiger partial charge in [-0.05, 0) is 33.0 Å². The molecule has 84 valence electrons. The average molecular weight is 202 g/mol. The molecule has 0 aromatic rings. The van der Waals surface area contributed by atoms with Gasteiger partial charge in [0.05, 0.1) is 12.7 Å². The van der Waals surface area contributed by atoms with E-state index in [1.54, 1.807) is 0 Å². The van der Waals surface area contributed by atoms with Crippen molar-refractivity contribution in [2.75, 3.05) is 46.4 Å². The largest absolute Gasteiger partial charge is 0.394 e. The number of likely N-dealkylation sites (N-methyl/N-ethyl adjacent to an activating group) is 1. The minimum atomic E-state index is -0.599. The van der Waals surface area contributed by atoms with Crippen molar-refractivity contribution in [3.8, 4) is 0 Å². The van der Waals surface area contributed by atoms with Gasteiger partial charge in [-0.3, -0.25) is 0 Å². The fraction of sp³-hybridized carbons (Fsp3) is 1.00. The summed E-state index contributed by atoms with van der Waals surface area (Å²) in [4.78, 5) is 4.51. The lowest BCUT2D eigenvalue weighted by Gasteiger charge is -2.22. The molecule has 0 bridgehead atoms. The van der Waals surface area contributed by atoms with Gasteiger partial charge in [-0.25, -0.2) is 0 Å². The van der Waals surface area contributed by atoms with Crippen LogP contribution < -0.4 is 0 Å². The van der Waals surface area contributed by atoms with Crippen LogP contribution in [-0.4, -0.2) is 72.5 Å². The van der Waals surface area contributed by atoms with Crippen LogP contribution in [0.1, 0.15) is 12.8 Å². The number of hydrogen-bond donors (Lipinski definition) is 2. The molecule has 0 spiro atoms. The smallest absolute Gasteiger partial charge is 0.0897 e. The second kappa shape index (κ2) is 6.35. The van der Waals surface area contributed by atoms with E-state index in [1.807, 2.05) is 7.05 Å². The Morgan fingerprint density at radius 3 is 2.57 bits per heavy atom. The molecule has 0 aromatic heterocycles. The third kappa shape index (κ3) is 4.37. The Morgan fingerprint density at radius 1 is 1.36 bits per heavy atom. The fourth-order valence-electron chi connectivity index (χ4n) is 1.83. The highest BCUT2D eigenvalue weighted by Crippen LogP contribution is 2.06. The molecule has 4 heteroatoms. The van der Waals surface area contributed by atoms with Crippen LogP contribution in [0.25, 0.3) is 0 Å². The lowest BCUT2D eigenvalue weighted by atomic mass is 10.3. The number of hydrogen-bond acceptors (Lipinski definition) is 4. The lowest BCUT2D eigenvalue weighted by molar-refractivity contribution is 0.0644. The molecule has 1 aliphatic heterocycles. The maximum absolute atomic E-state index is 9.22. The van der Waals surface area contributed by atoms with E-state index in [2.05, 4.69) is 9.80 Å². The van der Waals surface area contributed by atoms with Gasteiger partial charge in [-0.1, -0.05) is 0 Å². The van der Waals surface area contributed by atoms with Crippen molar-refractivity contribution in [3.05, 3.63) is 0 Å². The SMILES string of the molecule is CN(CCN1CCCC1)CC(O)CO. The molecule has 0 amide bonds. The third-order valence-electron chi connectivity index (χ3n) is 2.73. The molecule has 2 N–H and O–H groups in total. The highest BCUT2D eigenvalue weighted by Gasteiger charge is 2.12. The number of rotatable bonds is 6. The Hall–Kier alpha value is -0.160. The molecule has 1 saturated heterocycles. The first kappa shape index (κ1) is 11.9. The third-order valence-corrected chi connectivity index (χ3v) is 2.73. The van der Waals surface area contributed by atoms with Gasteiger partial charge in [0.15, 0.2) is 0 Å². The van der Waals surface area contributed by atoms with Crippen molar-refractivity contribution in [2.24, 2.45) is 0 Å². The summed E-state index contributed by atoms with van der Waals surface area (Å²) < 4.78 is 0. The molecule has 1 heterocycles. The van der Waals surface area contributed by atoms with Crippen LogP contribution in [0, 0.1) is 0 Å². The van der Waals surface area contributed by atoms with Gasteiger partial charge >= 0.3 is 0 Å². The Bertz CT molecular complexity index is 149. The predicted octanol–water partition coefficient (Wildman–Crippen LogP) is -0.633. The van der Waals surface area contributed by atoms with Crippen molar-refractivity contribution >= 4 is 0 Å². The molecule has 0 saturated carbocycles. The topological polar surface area (TPSA) is 46.9 Å². The quantitative estimate of drug-likeness (QED) is 0.602. The maximum Gasteiger partial charge on any atom is 0.0897 e. The Balaban J connectivity index is 2.04. The van der Waals surface area contributed by atoms with Gasteiger partial charge in [-0.2, -0.15) is 0 Å². The first-order valence-corrected chi connectivity index (χ1v) is 5.42. The molecule has 1 atom stereocenters. The zero-order valence-corrected chi connectivity index (χ0v) is 9.02. The van der Waals surface area contributed by atoms with Gasteiger partial charge in [0.2, 0.25) is 0 Å².